The highest BCUT2D eigenvalue weighted by molar-refractivity contribution is 7.88. The minimum atomic E-state index is -3.73. The number of carbonyl (C=O) groups excluding carboxylic acids is 1. The normalized spacial score (nSPS) is 20.7. The summed E-state index contributed by atoms with van der Waals surface area (Å²) in [6.45, 7) is 6.40. The van der Waals surface area contributed by atoms with Gasteiger partial charge in [-0.3, -0.25) is 9.69 Å². The van der Waals surface area contributed by atoms with Crippen LogP contribution in [0.25, 0.3) is 0 Å². The molecule has 9 heteroatoms. The molecule has 0 bridgehead atoms. The number of sulfonamides is 1. The van der Waals surface area contributed by atoms with Crippen molar-refractivity contribution in [1.29, 1.82) is 0 Å². The number of carbonyl (C=O) groups is 1. The molecule has 0 aliphatic carbocycles. The number of rotatable bonds is 6. The van der Waals surface area contributed by atoms with Gasteiger partial charge in [0.15, 0.2) is 5.76 Å². The lowest BCUT2D eigenvalue weighted by Gasteiger charge is -2.35. The summed E-state index contributed by atoms with van der Waals surface area (Å²) in [5.74, 6) is -0.560. The molecule has 2 heterocycles. The monoisotopic (exact) mass is 421 g/mol. The van der Waals surface area contributed by atoms with Gasteiger partial charge in [0.2, 0.25) is 5.09 Å². The maximum absolute atomic E-state index is 12.6. The molecule has 2 aromatic rings. The number of amides is 1. The molecule has 158 valence electrons. The van der Waals surface area contributed by atoms with E-state index in [0.717, 1.165) is 23.0 Å². The average molecular weight is 422 g/mol. The third kappa shape index (κ3) is 5.05. The Balaban J connectivity index is 1.74. The fraction of sp³-hybridized carbons (Fsp3) is 0.450. The Labute approximate surface area is 171 Å². The highest BCUT2D eigenvalue weighted by Gasteiger charge is 2.25. The van der Waals surface area contributed by atoms with Gasteiger partial charge in [0.1, 0.15) is 0 Å². The number of para-hydroxylation sites is 1. The molecule has 1 aromatic carbocycles. The van der Waals surface area contributed by atoms with E-state index in [1.807, 2.05) is 38.1 Å². The number of anilines is 1. The molecule has 1 aromatic heterocycles. The third-order valence-corrected chi connectivity index (χ3v) is 6.38. The van der Waals surface area contributed by atoms with Crippen LogP contribution in [-0.2, 0) is 21.3 Å². The van der Waals surface area contributed by atoms with Crippen LogP contribution >= 0.6 is 0 Å². The van der Waals surface area contributed by atoms with E-state index in [0.29, 0.717) is 12.2 Å². The Bertz CT molecular complexity index is 960. The number of ether oxygens (including phenoxy) is 1. The zero-order valence-corrected chi connectivity index (χ0v) is 17.9. The van der Waals surface area contributed by atoms with Crippen LogP contribution < -0.4 is 5.32 Å². The molecule has 1 N–H and O–H groups in total. The van der Waals surface area contributed by atoms with Gasteiger partial charge in [-0.2, -0.15) is 0 Å². The molecule has 0 saturated carbocycles. The summed E-state index contributed by atoms with van der Waals surface area (Å²) in [6, 6.07) is 10.2. The van der Waals surface area contributed by atoms with Crippen molar-refractivity contribution in [3.8, 4) is 0 Å². The average Bonchev–Trinajstić information content (AvgIpc) is 3.13. The van der Waals surface area contributed by atoms with Crippen molar-refractivity contribution in [1.82, 2.24) is 9.21 Å². The second-order valence-electron chi connectivity index (χ2n) is 7.47. The molecule has 8 nitrogen and oxygen atoms in total. The summed E-state index contributed by atoms with van der Waals surface area (Å²) in [5.41, 5.74) is 1.63. The number of morpholine rings is 1. The van der Waals surface area contributed by atoms with Crippen molar-refractivity contribution in [2.45, 2.75) is 37.7 Å². The first-order chi connectivity index (χ1) is 13.7. The summed E-state index contributed by atoms with van der Waals surface area (Å²) >= 11 is 0. The number of furan rings is 1. The lowest BCUT2D eigenvalue weighted by atomic mass is 10.1. The van der Waals surface area contributed by atoms with E-state index in [-0.39, 0.29) is 23.1 Å². The predicted molar refractivity (Wildman–Crippen MR) is 109 cm³/mol. The molecular weight excluding hydrogens is 394 g/mol. The Morgan fingerprint density at radius 3 is 2.45 bits per heavy atom. The fourth-order valence-electron chi connectivity index (χ4n) is 3.38. The fourth-order valence-corrected chi connectivity index (χ4v) is 4.17. The second-order valence-corrected chi connectivity index (χ2v) is 9.55. The number of hydrogen-bond acceptors (Lipinski definition) is 6. The second kappa shape index (κ2) is 8.66. The Hall–Kier alpha value is -2.20. The van der Waals surface area contributed by atoms with Gasteiger partial charge in [-0.05, 0) is 37.6 Å². The Morgan fingerprint density at radius 2 is 1.79 bits per heavy atom. The van der Waals surface area contributed by atoms with Crippen LogP contribution in [0.3, 0.4) is 0 Å². The lowest BCUT2D eigenvalue weighted by molar-refractivity contribution is -0.0704. The molecule has 1 fully saturated rings. The summed E-state index contributed by atoms with van der Waals surface area (Å²) in [5, 5.41) is 2.57. The largest absolute Gasteiger partial charge is 0.438 e. The van der Waals surface area contributed by atoms with E-state index < -0.39 is 15.9 Å². The number of hydrogen-bond donors (Lipinski definition) is 1. The third-order valence-electron chi connectivity index (χ3n) is 4.69. The summed E-state index contributed by atoms with van der Waals surface area (Å²) < 4.78 is 36.4. The van der Waals surface area contributed by atoms with E-state index in [4.69, 9.17) is 9.15 Å². The zero-order valence-electron chi connectivity index (χ0n) is 17.1. The smallest absolute Gasteiger partial charge is 0.291 e. The number of nitrogens with zero attached hydrogens (tertiary/aromatic N) is 2. The molecule has 1 aliphatic heterocycles. The molecule has 3 rings (SSSR count). The first-order valence-electron chi connectivity index (χ1n) is 9.46. The topological polar surface area (TPSA) is 92.1 Å². The van der Waals surface area contributed by atoms with Crippen molar-refractivity contribution >= 4 is 21.6 Å². The SMILES string of the molecule is C[C@@H]1CN(Cc2ccccc2NC(=O)c2ccc(S(=O)(=O)N(C)C)o2)C[C@H](C)O1. The van der Waals surface area contributed by atoms with E-state index in [2.05, 4.69) is 10.2 Å². The molecule has 1 saturated heterocycles. The van der Waals surface area contributed by atoms with E-state index >= 15 is 0 Å². The standard InChI is InChI=1S/C20H27N3O5S/c1-14-11-23(12-15(2)27-14)13-16-7-5-6-8-17(16)21-20(24)18-9-10-19(28-18)29(25,26)22(3)4/h5-10,14-15H,11-13H2,1-4H3,(H,21,24)/t14-,15+. The van der Waals surface area contributed by atoms with Crippen molar-refractivity contribution < 1.29 is 22.4 Å². The van der Waals surface area contributed by atoms with Crippen LogP contribution in [0.1, 0.15) is 30.0 Å². The summed E-state index contributed by atoms with van der Waals surface area (Å²) in [6.07, 6.45) is 0.307. The van der Waals surface area contributed by atoms with Crippen molar-refractivity contribution in [3.05, 3.63) is 47.7 Å². The highest BCUT2D eigenvalue weighted by atomic mass is 32.2. The Kier molecular flexibility index (Phi) is 6.42. The summed E-state index contributed by atoms with van der Waals surface area (Å²) in [4.78, 5) is 14.9. The van der Waals surface area contributed by atoms with Crippen LogP contribution in [0.15, 0.2) is 45.9 Å². The van der Waals surface area contributed by atoms with Crippen LogP contribution in [-0.4, -0.2) is 62.9 Å². The quantitative estimate of drug-likeness (QED) is 0.770. The molecular formula is C20H27N3O5S. The van der Waals surface area contributed by atoms with Gasteiger partial charge in [0.25, 0.3) is 15.9 Å². The predicted octanol–water partition coefficient (Wildman–Crippen LogP) is 2.39. The zero-order chi connectivity index (χ0) is 21.2. The van der Waals surface area contributed by atoms with E-state index in [1.54, 1.807) is 0 Å². The van der Waals surface area contributed by atoms with Crippen LogP contribution in [0.4, 0.5) is 5.69 Å². The van der Waals surface area contributed by atoms with Crippen LogP contribution in [0.2, 0.25) is 0 Å². The molecule has 2 atom stereocenters. The maximum atomic E-state index is 12.6. The van der Waals surface area contributed by atoms with Crippen molar-refractivity contribution in [3.63, 3.8) is 0 Å². The molecule has 1 amide bonds. The minimum absolute atomic E-state index is 0.0613. The van der Waals surface area contributed by atoms with Gasteiger partial charge >= 0.3 is 0 Å². The Morgan fingerprint density at radius 1 is 1.14 bits per heavy atom. The van der Waals surface area contributed by atoms with Gasteiger partial charge < -0.3 is 14.5 Å². The van der Waals surface area contributed by atoms with Gasteiger partial charge in [0, 0.05) is 39.4 Å². The van der Waals surface area contributed by atoms with Gasteiger partial charge in [-0.25, -0.2) is 12.7 Å². The van der Waals surface area contributed by atoms with Gasteiger partial charge in [-0.1, -0.05) is 18.2 Å². The molecule has 29 heavy (non-hydrogen) atoms. The first-order valence-corrected chi connectivity index (χ1v) is 10.9. The van der Waals surface area contributed by atoms with Crippen LogP contribution in [0.5, 0.6) is 0 Å². The molecule has 1 aliphatic rings. The lowest BCUT2D eigenvalue weighted by Crippen LogP contribution is -2.44. The maximum Gasteiger partial charge on any atom is 0.291 e. The molecule has 0 radical (unpaired) electrons. The number of benzene rings is 1. The first kappa shape index (κ1) is 21.5. The molecule has 0 unspecified atom stereocenters. The number of nitrogens with one attached hydrogen (secondary N) is 1. The molecule has 0 spiro atoms. The van der Waals surface area contributed by atoms with Crippen LogP contribution in [0, 0.1) is 0 Å². The van der Waals surface area contributed by atoms with E-state index in [9.17, 15) is 13.2 Å². The van der Waals surface area contributed by atoms with Gasteiger partial charge in [-0.15, -0.1) is 0 Å². The van der Waals surface area contributed by atoms with E-state index in [1.165, 1.54) is 26.2 Å². The summed E-state index contributed by atoms with van der Waals surface area (Å²) in [7, 11) is -0.924. The minimum Gasteiger partial charge on any atom is -0.438 e. The highest BCUT2D eigenvalue weighted by Crippen LogP contribution is 2.22. The van der Waals surface area contributed by atoms with Gasteiger partial charge in [0.05, 0.1) is 12.2 Å². The van der Waals surface area contributed by atoms with Crippen molar-refractivity contribution in [2.24, 2.45) is 0 Å². The van der Waals surface area contributed by atoms with Crippen molar-refractivity contribution in [2.75, 3.05) is 32.5 Å².